The second kappa shape index (κ2) is 6.52. The smallest absolute Gasteiger partial charge is 0.201 e. The van der Waals surface area contributed by atoms with Crippen molar-refractivity contribution in [2.75, 3.05) is 12.4 Å². The average Bonchev–Trinajstić information content (AvgIpc) is 2.69. The number of allylic oxidation sites excluding steroid dienone is 1. The molecule has 1 aliphatic heterocycles. The van der Waals surface area contributed by atoms with Crippen molar-refractivity contribution in [2.24, 2.45) is 0 Å². The third kappa shape index (κ3) is 2.88. The standard InChI is InChI=1S/C21H19NO4/c1-25-15-7-8-17-14(9-15)10-16-18(22-17)11-19(21(24)20(16)23)26-12-13-5-3-2-4-6-13/h2-11,17,22-24H,12H2,1H3. The molecule has 0 radical (unpaired) electrons. The van der Waals surface area contributed by atoms with Crippen molar-refractivity contribution in [3.63, 3.8) is 0 Å². The fraction of sp³-hybridized carbons (Fsp3) is 0.143. The minimum atomic E-state index is -0.265. The van der Waals surface area contributed by atoms with E-state index in [2.05, 4.69) is 5.32 Å². The molecule has 1 atom stereocenters. The Balaban J connectivity index is 1.66. The molecule has 5 heteroatoms. The molecule has 1 aliphatic carbocycles. The van der Waals surface area contributed by atoms with Gasteiger partial charge in [0, 0.05) is 17.3 Å². The van der Waals surface area contributed by atoms with E-state index in [9.17, 15) is 10.2 Å². The molecule has 1 heterocycles. The van der Waals surface area contributed by atoms with E-state index in [-0.39, 0.29) is 23.3 Å². The molecule has 3 N–H and O–H groups in total. The van der Waals surface area contributed by atoms with E-state index in [0.29, 0.717) is 17.9 Å². The highest BCUT2D eigenvalue weighted by Gasteiger charge is 2.25. The Hall–Kier alpha value is -3.34. The minimum absolute atomic E-state index is 0.0210. The molecule has 0 amide bonds. The lowest BCUT2D eigenvalue weighted by molar-refractivity contribution is 0.283. The van der Waals surface area contributed by atoms with Gasteiger partial charge in [-0.1, -0.05) is 36.4 Å². The summed E-state index contributed by atoms with van der Waals surface area (Å²) in [6.07, 6.45) is 7.63. The molecule has 2 aromatic carbocycles. The van der Waals surface area contributed by atoms with Crippen molar-refractivity contribution in [1.82, 2.24) is 0 Å². The maximum atomic E-state index is 10.5. The van der Waals surface area contributed by atoms with Gasteiger partial charge in [0.15, 0.2) is 11.5 Å². The maximum absolute atomic E-state index is 10.5. The SMILES string of the molecule is COC1=CC2=Cc3c(cc(OCc4ccccc4)c(O)c3O)NC2C=C1. The maximum Gasteiger partial charge on any atom is 0.201 e. The van der Waals surface area contributed by atoms with Crippen LogP contribution in [0.4, 0.5) is 5.69 Å². The van der Waals surface area contributed by atoms with Crippen LogP contribution >= 0.6 is 0 Å². The zero-order chi connectivity index (χ0) is 18.1. The molecular formula is C21H19NO4. The molecule has 0 bridgehead atoms. The zero-order valence-electron chi connectivity index (χ0n) is 14.3. The van der Waals surface area contributed by atoms with Gasteiger partial charge in [-0.2, -0.15) is 0 Å². The number of phenols is 2. The van der Waals surface area contributed by atoms with E-state index in [1.54, 1.807) is 13.2 Å². The number of phenolic OH excluding ortho intramolecular Hbond substituents is 2. The Morgan fingerprint density at radius 1 is 1.08 bits per heavy atom. The lowest BCUT2D eigenvalue weighted by Crippen LogP contribution is -2.24. The first-order chi connectivity index (χ1) is 12.7. The molecule has 0 aromatic heterocycles. The first-order valence-electron chi connectivity index (χ1n) is 8.33. The number of fused-ring (bicyclic) bond motifs is 2. The predicted molar refractivity (Wildman–Crippen MR) is 100 cm³/mol. The molecule has 0 saturated carbocycles. The number of hydrogen-bond acceptors (Lipinski definition) is 5. The van der Waals surface area contributed by atoms with Crippen molar-refractivity contribution >= 4 is 11.8 Å². The number of benzene rings is 2. The van der Waals surface area contributed by atoms with Gasteiger partial charge in [0.2, 0.25) is 5.75 Å². The molecule has 132 valence electrons. The molecule has 0 spiro atoms. The number of anilines is 1. The molecule has 2 aromatic rings. The van der Waals surface area contributed by atoms with Crippen LogP contribution in [0.3, 0.4) is 0 Å². The van der Waals surface area contributed by atoms with E-state index < -0.39 is 0 Å². The summed E-state index contributed by atoms with van der Waals surface area (Å²) in [5, 5.41) is 24.1. The van der Waals surface area contributed by atoms with Crippen LogP contribution in [-0.2, 0) is 11.3 Å². The van der Waals surface area contributed by atoms with Crippen LogP contribution in [0.15, 0.2) is 66.0 Å². The number of rotatable bonds is 4. The summed E-state index contributed by atoms with van der Waals surface area (Å²) >= 11 is 0. The van der Waals surface area contributed by atoms with Gasteiger partial charge < -0.3 is 25.0 Å². The molecule has 1 unspecified atom stereocenters. The molecule has 0 fully saturated rings. The average molecular weight is 349 g/mol. The minimum Gasteiger partial charge on any atom is -0.504 e. The molecule has 0 saturated heterocycles. The summed E-state index contributed by atoms with van der Waals surface area (Å²) in [6, 6.07) is 11.4. The monoisotopic (exact) mass is 349 g/mol. The fourth-order valence-corrected chi connectivity index (χ4v) is 3.09. The van der Waals surface area contributed by atoms with Crippen LogP contribution in [0.2, 0.25) is 0 Å². The normalized spacial score (nSPS) is 17.3. The summed E-state index contributed by atoms with van der Waals surface area (Å²) in [7, 11) is 1.61. The van der Waals surface area contributed by atoms with E-state index in [1.165, 1.54) is 0 Å². The summed E-state index contributed by atoms with van der Waals surface area (Å²) in [5.74, 6) is 0.511. The van der Waals surface area contributed by atoms with Crippen molar-refractivity contribution in [3.8, 4) is 17.2 Å². The van der Waals surface area contributed by atoms with Crippen molar-refractivity contribution in [3.05, 3.63) is 77.1 Å². The summed E-state index contributed by atoms with van der Waals surface area (Å²) < 4.78 is 11.0. The highest BCUT2D eigenvalue weighted by molar-refractivity contribution is 5.84. The number of methoxy groups -OCH3 is 1. The van der Waals surface area contributed by atoms with Crippen LogP contribution in [0, 0.1) is 0 Å². The first kappa shape index (κ1) is 16.1. The van der Waals surface area contributed by atoms with Gasteiger partial charge in [0.1, 0.15) is 12.4 Å². The van der Waals surface area contributed by atoms with Crippen LogP contribution in [0.5, 0.6) is 17.2 Å². The van der Waals surface area contributed by atoms with Crippen LogP contribution < -0.4 is 10.1 Å². The highest BCUT2D eigenvalue weighted by Crippen LogP contribution is 2.46. The Labute approximate surface area is 151 Å². The molecule has 2 aliphatic rings. The van der Waals surface area contributed by atoms with Crippen LogP contribution in [-0.4, -0.2) is 23.4 Å². The first-order valence-corrected chi connectivity index (χ1v) is 8.33. The van der Waals surface area contributed by atoms with E-state index >= 15 is 0 Å². The van der Waals surface area contributed by atoms with Crippen LogP contribution in [0.1, 0.15) is 11.1 Å². The molecular weight excluding hydrogens is 330 g/mol. The number of ether oxygens (including phenoxy) is 2. The third-order valence-corrected chi connectivity index (χ3v) is 4.49. The Morgan fingerprint density at radius 2 is 1.88 bits per heavy atom. The molecule has 26 heavy (non-hydrogen) atoms. The van der Waals surface area contributed by atoms with Gasteiger partial charge in [-0.15, -0.1) is 0 Å². The topological polar surface area (TPSA) is 71.0 Å². The Kier molecular flexibility index (Phi) is 4.05. The van der Waals surface area contributed by atoms with Gasteiger partial charge in [0.05, 0.1) is 13.2 Å². The van der Waals surface area contributed by atoms with Gasteiger partial charge in [-0.25, -0.2) is 0 Å². The second-order valence-electron chi connectivity index (χ2n) is 6.18. The Bertz CT molecular complexity index is 929. The predicted octanol–water partition coefficient (Wildman–Crippen LogP) is 3.95. The lowest BCUT2D eigenvalue weighted by atomic mass is 9.93. The number of aromatic hydroxyl groups is 2. The zero-order valence-corrected chi connectivity index (χ0v) is 14.3. The highest BCUT2D eigenvalue weighted by atomic mass is 16.5. The van der Waals surface area contributed by atoms with Gasteiger partial charge >= 0.3 is 0 Å². The summed E-state index contributed by atoms with van der Waals surface area (Å²) in [5.41, 5.74) is 3.16. The van der Waals surface area contributed by atoms with Crippen LogP contribution in [0.25, 0.3) is 6.08 Å². The van der Waals surface area contributed by atoms with Crippen molar-refractivity contribution in [2.45, 2.75) is 12.6 Å². The quantitative estimate of drug-likeness (QED) is 0.576. The van der Waals surface area contributed by atoms with Gasteiger partial charge in [0.25, 0.3) is 0 Å². The number of hydrogen-bond donors (Lipinski definition) is 3. The van der Waals surface area contributed by atoms with E-state index in [1.807, 2.05) is 54.6 Å². The summed E-state index contributed by atoms with van der Waals surface area (Å²) in [6.45, 7) is 0.303. The second-order valence-corrected chi connectivity index (χ2v) is 6.18. The Morgan fingerprint density at radius 3 is 2.65 bits per heavy atom. The van der Waals surface area contributed by atoms with Gasteiger partial charge in [-0.3, -0.25) is 0 Å². The van der Waals surface area contributed by atoms with Crippen molar-refractivity contribution < 1.29 is 19.7 Å². The number of nitrogens with one attached hydrogen (secondary N) is 1. The third-order valence-electron chi connectivity index (χ3n) is 4.49. The summed E-state index contributed by atoms with van der Waals surface area (Å²) in [4.78, 5) is 0. The fourth-order valence-electron chi connectivity index (χ4n) is 3.09. The van der Waals surface area contributed by atoms with E-state index in [4.69, 9.17) is 9.47 Å². The van der Waals surface area contributed by atoms with Crippen molar-refractivity contribution in [1.29, 1.82) is 0 Å². The molecule has 5 nitrogen and oxygen atoms in total. The molecule has 4 rings (SSSR count). The van der Waals surface area contributed by atoms with Gasteiger partial charge in [-0.05, 0) is 29.4 Å². The van der Waals surface area contributed by atoms with E-state index in [0.717, 1.165) is 16.9 Å². The largest absolute Gasteiger partial charge is 0.504 e. The lowest BCUT2D eigenvalue weighted by Gasteiger charge is -2.28.